The van der Waals surface area contributed by atoms with Crippen molar-refractivity contribution in [2.75, 3.05) is 0 Å². The van der Waals surface area contributed by atoms with E-state index in [0.29, 0.717) is 23.4 Å². The van der Waals surface area contributed by atoms with Gasteiger partial charge in [-0.1, -0.05) is 45.4 Å². The number of hydrogen-bond donors (Lipinski definition) is 1. The molecule has 6 unspecified atom stereocenters. The lowest BCUT2D eigenvalue weighted by Gasteiger charge is -2.43. The molecule has 1 aromatic carbocycles. The first kappa shape index (κ1) is 33.5. The Balaban J connectivity index is 0.000000361. The van der Waals surface area contributed by atoms with Gasteiger partial charge in [-0.3, -0.25) is 9.59 Å². The SMILES string of the molecule is CCC(C)O.CCC(C)OC(=O)Oc1ccc2c(c1)CC=C1C2CCC2(C)C(=O)CCC12.CCC(C)OC(C)=O. The zero-order valence-electron chi connectivity index (χ0n) is 25.7. The normalized spacial score (nSPS) is 24.6. The average molecular weight is 559 g/mol. The molecule has 3 aliphatic rings. The van der Waals surface area contributed by atoms with E-state index in [1.165, 1.54) is 23.6 Å². The van der Waals surface area contributed by atoms with Gasteiger partial charge in [-0.15, -0.1) is 0 Å². The van der Waals surface area contributed by atoms with Gasteiger partial charge >= 0.3 is 12.1 Å². The third kappa shape index (κ3) is 8.92. The van der Waals surface area contributed by atoms with Crippen LogP contribution in [0.25, 0.3) is 0 Å². The van der Waals surface area contributed by atoms with Gasteiger partial charge in [-0.2, -0.15) is 0 Å². The number of fused-ring (bicyclic) bond motifs is 5. The van der Waals surface area contributed by atoms with Crippen LogP contribution in [-0.2, 0) is 25.5 Å². The first-order chi connectivity index (χ1) is 18.9. The Morgan fingerprint density at radius 2 is 1.65 bits per heavy atom. The number of carbonyl (C=O) groups is 3. The molecule has 40 heavy (non-hydrogen) atoms. The summed E-state index contributed by atoms with van der Waals surface area (Å²) in [5.74, 6) is 1.59. The molecule has 2 saturated carbocycles. The largest absolute Gasteiger partial charge is 0.514 e. The highest BCUT2D eigenvalue weighted by Crippen LogP contribution is 2.57. The average Bonchev–Trinajstić information content (AvgIpc) is 3.22. The number of rotatable bonds is 6. The first-order valence-electron chi connectivity index (χ1n) is 15.0. The maximum atomic E-state index is 12.4. The van der Waals surface area contributed by atoms with Crippen LogP contribution in [0.3, 0.4) is 0 Å². The van der Waals surface area contributed by atoms with Gasteiger partial charge in [-0.05, 0) is 94.9 Å². The molecule has 7 heteroatoms. The summed E-state index contributed by atoms with van der Waals surface area (Å²) in [5.41, 5.74) is 3.86. The second-order valence-corrected chi connectivity index (χ2v) is 11.6. The van der Waals surface area contributed by atoms with Crippen LogP contribution in [0.1, 0.15) is 117 Å². The number of Topliss-reactive ketones (excluding diaryl/α,β-unsaturated/α-hetero) is 1. The van der Waals surface area contributed by atoms with Gasteiger partial charge in [0.15, 0.2) is 0 Å². The van der Waals surface area contributed by atoms with Crippen LogP contribution in [0.4, 0.5) is 4.79 Å². The van der Waals surface area contributed by atoms with Gasteiger partial charge in [0.25, 0.3) is 0 Å². The predicted molar refractivity (Wildman–Crippen MR) is 156 cm³/mol. The zero-order valence-corrected chi connectivity index (χ0v) is 25.7. The smallest absolute Gasteiger partial charge is 0.463 e. The lowest BCUT2D eigenvalue weighted by Crippen LogP contribution is -2.37. The minimum absolute atomic E-state index is 0.0764. The number of allylic oxidation sites excluding steroid dienone is 2. The first-order valence-corrected chi connectivity index (χ1v) is 15.0. The molecule has 0 spiro atoms. The van der Waals surface area contributed by atoms with Crippen LogP contribution >= 0.6 is 0 Å². The van der Waals surface area contributed by atoms with Crippen molar-refractivity contribution >= 4 is 17.9 Å². The molecule has 0 bridgehead atoms. The van der Waals surface area contributed by atoms with Crippen LogP contribution < -0.4 is 4.74 Å². The molecule has 0 aromatic heterocycles. The highest BCUT2D eigenvalue weighted by molar-refractivity contribution is 5.88. The molecule has 0 aliphatic heterocycles. The molecule has 3 aliphatic carbocycles. The number of esters is 1. The minimum atomic E-state index is -0.644. The van der Waals surface area contributed by atoms with Crippen LogP contribution in [0.15, 0.2) is 29.8 Å². The zero-order chi connectivity index (χ0) is 30.0. The molecule has 224 valence electrons. The van der Waals surface area contributed by atoms with Crippen molar-refractivity contribution < 1.29 is 33.7 Å². The maximum Gasteiger partial charge on any atom is 0.514 e. The van der Waals surface area contributed by atoms with E-state index >= 15 is 0 Å². The number of aliphatic hydroxyl groups excluding tert-OH is 1. The second-order valence-electron chi connectivity index (χ2n) is 11.6. The van der Waals surface area contributed by atoms with E-state index in [0.717, 1.165) is 51.4 Å². The quantitative estimate of drug-likeness (QED) is 0.220. The fourth-order valence-corrected chi connectivity index (χ4v) is 5.52. The van der Waals surface area contributed by atoms with E-state index in [1.807, 2.05) is 46.8 Å². The summed E-state index contributed by atoms with van der Waals surface area (Å²) in [6.45, 7) is 15.0. The highest BCUT2D eigenvalue weighted by Gasteiger charge is 2.52. The topological polar surface area (TPSA) is 99.1 Å². The van der Waals surface area contributed by atoms with Crippen LogP contribution in [-0.4, -0.2) is 41.3 Å². The summed E-state index contributed by atoms with van der Waals surface area (Å²) < 4.78 is 15.3. The Morgan fingerprint density at radius 3 is 2.20 bits per heavy atom. The van der Waals surface area contributed by atoms with E-state index in [1.54, 1.807) is 6.92 Å². The monoisotopic (exact) mass is 558 g/mol. The molecule has 1 aromatic rings. The number of ketones is 1. The van der Waals surface area contributed by atoms with Crippen LogP contribution in [0.5, 0.6) is 5.75 Å². The summed E-state index contributed by atoms with van der Waals surface area (Å²) in [4.78, 5) is 34.5. The number of benzene rings is 1. The lowest BCUT2D eigenvalue weighted by molar-refractivity contribution is -0.145. The van der Waals surface area contributed by atoms with Crippen molar-refractivity contribution in [2.45, 2.75) is 131 Å². The predicted octanol–water partition coefficient (Wildman–Crippen LogP) is 7.47. The number of carbonyl (C=O) groups excluding carboxylic acids is 3. The van der Waals surface area contributed by atoms with Crippen molar-refractivity contribution in [1.82, 2.24) is 0 Å². The lowest BCUT2D eigenvalue weighted by atomic mass is 9.60. The molecular formula is C33H50O7. The molecule has 2 fully saturated rings. The minimum Gasteiger partial charge on any atom is -0.463 e. The Kier molecular flexibility index (Phi) is 12.9. The molecule has 0 saturated heterocycles. The molecule has 0 amide bonds. The van der Waals surface area contributed by atoms with Crippen molar-refractivity contribution in [1.29, 1.82) is 0 Å². The molecule has 0 heterocycles. The van der Waals surface area contributed by atoms with E-state index in [4.69, 9.17) is 19.3 Å². The third-order valence-corrected chi connectivity index (χ3v) is 8.48. The summed E-state index contributed by atoms with van der Waals surface area (Å²) >= 11 is 0. The summed E-state index contributed by atoms with van der Waals surface area (Å²) in [7, 11) is 0. The Bertz CT molecular complexity index is 1040. The van der Waals surface area contributed by atoms with Gasteiger partial charge in [0.2, 0.25) is 0 Å². The molecule has 0 radical (unpaired) electrons. The fourth-order valence-electron chi connectivity index (χ4n) is 5.52. The number of aliphatic hydroxyl groups is 1. The fraction of sp³-hybridized carbons (Fsp3) is 0.667. The molecule has 4 rings (SSSR count). The molecule has 1 N–H and O–H groups in total. The number of ether oxygens (including phenoxy) is 3. The Hall–Kier alpha value is -2.67. The van der Waals surface area contributed by atoms with Crippen LogP contribution in [0.2, 0.25) is 0 Å². The van der Waals surface area contributed by atoms with E-state index in [-0.39, 0.29) is 29.7 Å². The van der Waals surface area contributed by atoms with E-state index in [2.05, 4.69) is 19.1 Å². The second kappa shape index (κ2) is 15.4. The highest BCUT2D eigenvalue weighted by atomic mass is 16.7. The van der Waals surface area contributed by atoms with Crippen molar-refractivity contribution in [3.63, 3.8) is 0 Å². The summed E-state index contributed by atoms with van der Waals surface area (Å²) in [6, 6.07) is 5.93. The van der Waals surface area contributed by atoms with Crippen molar-refractivity contribution in [3.8, 4) is 5.75 Å². The van der Waals surface area contributed by atoms with Gasteiger partial charge in [0.05, 0.1) is 12.2 Å². The van der Waals surface area contributed by atoms with E-state index < -0.39 is 6.16 Å². The third-order valence-electron chi connectivity index (χ3n) is 8.48. The van der Waals surface area contributed by atoms with Crippen molar-refractivity contribution in [2.24, 2.45) is 11.3 Å². The van der Waals surface area contributed by atoms with Gasteiger partial charge in [-0.25, -0.2) is 4.79 Å². The summed E-state index contributed by atoms with van der Waals surface area (Å²) in [5, 5.41) is 8.36. The number of hydrogen-bond acceptors (Lipinski definition) is 7. The molecular weight excluding hydrogens is 508 g/mol. The van der Waals surface area contributed by atoms with Crippen molar-refractivity contribution in [3.05, 3.63) is 41.0 Å². The van der Waals surface area contributed by atoms with Crippen LogP contribution in [0, 0.1) is 11.3 Å². The Morgan fingerprint density at radius 1 is 1.02 bits per heavy atom. The molecule has 6 atom stereocenters. The van der Waals surface area contributed by atoms with Gasteiger partial charge in [0, 0.05) is 24.7 Å². The standard InChI is InChI=1S/C23H28O4.C6H12O2.C4H10O/c1-4-14(2)26-22(25)27-16-6-8-17-15(13-16)5-7-19-18(17)11-12-23(3)20(19)9-10-21(23)24;1-4-5(2)8-6(3)7;1-3-4(2)5/h6-8,13-14,18,20H,4-5,9-12H2,1-3H3;5H,4H2,1-3H3;4-5H,3H2,1-2H3. The maximum absolute atomic E-state index is 12.4. The Labute approximate surface area is 240 Å². The van der Waals surface area contributed by atoms with Gasteiger partial charge < -0.3 is 19.3 Å². The van der Waals surface area contributed by atoms with Gasteiger partial charge in [0.1, 0.15) is 17.6 Å². The van der Waals surface area contributed by atoms with E-state index in [9.17, 15) is 14.4 Å². The molecule has 7 nitrogen and oxygen atoms in total. The summed E-state index contributed by atoms with van der Waals surface area (Å²) in [6.07, 6.45) is 8.55.